The minimum absolute atomic E-state index is 0.0342. The lowest BCUT2D eigenvalue weighted by Crippen LogP contribution is -2.38. The van der Waals surface area contributed by atoms with Gasteiger partial charge in [-0.2, -0.15) is 0 Å². The molecule has 0 spiro atoms. The van der Waals surface area contributed by atoms with Gasteiger partial charge < -0.3 is 15.0 Å². The standard InChI is InChI=1S/C15H22N2O3/c1-11-6-5-7-12(2)15(11)16-14(19)10-17(13(3)18)8-9-20-4/h5-7H,8-10H2,1-4H3,(H,16,19). The van der Waals surface area contributed by atoms with Crippen LogP contribution in [0.25, 0.3) is 0 Å². The van der Waals surface area contributed by atoms with Crippen LogP contribution in [0.4, 0.5) is 5.69 Å². The van der Waals surface area contributed by atoms with Gasteiger partial charge in [-0.25, -0.2) is 0 Å². The third kappa shape index (κ3) is 4.66. The van der Waals surface area contributed by atoms with Crippen molar-refractivity contribution in [3.63, 3.8) is 0 Å². The van der Waals surface area contributed by atoms with Crippen molar-refractivity contribution in [3.05, 3.63) is 29.3 Å². The number of amides is 2. The fourth-order valence-corrected chi connectivity index (χ4v) is 1.91. The van der Waals surface area contributed by atoms with Gasteiger partial charge >= 0.3 is 0 Å². The number of nitrogens with one attached hydrogen (secondary N) is 1. The van der Waals surface area contributed by atoms with Crippen molar-refractivity contribution >= 4 is 17.5 Å². The SMILES string of the molecule is COCCN(CC(=O)Nc1c(C)cccc1C)C(C)=O. The summed E-state index contributed by atoms with van der Waals surface area (Å²) in [5.41, 5.74) is 2.82. The minimum Gasteiger partial charge on any atom is -0.383 e. The second-order valence-electron chi connectivity index (χ2n) is 4.75. The first-order chi connectivity index (χ1) is 9.45. The van der Waals surface area contributed by atoms with Gasteiger partial charge in [0.05, 0.1) is 13.2 Å². The highest BCUT2D eigenvalue weighted by atomic mass is 16.5. The van der Waals surface area contributed by atoms with E-state index in [9.17, 15) is 9.59 Å². The predicted molar refractivity (Wildman–Crippen MR) is 78.7 cm³/mol. The van der Waals surface area contributed by atoms with Crippen LogP contribution in [-0.4, -0.2) is 43.5 Å². The highest BCUT2D eigenvalue weighted by Crippen LogP contribution is 2.19. The van der Waals surface area contributed by atoms with E-state index in [0.29, 0.717) is 13.2 Å². The van der Waals surface area contributed by atoms with E-state index in [1.807, 2.05) is 32.0 Å². The molecule has 0 aliphatic carbocycles. The predicted octanol–water partition coefficient (Wildman–Crippen LogP) is 1.74. The average molecular weight is 278 g/mol. The summed E-state index contributed by atoms with van der Waals surface area (Å²) in [4.78, 5) is 25.0. The quantitative estimate of drug-likeness (QED) is 0.862. The number of hydrogen-bond donors (Lipinski definition) is 1. The van der Waals surface area contributed by atoms with Crippen molar-refractivity contribution in [2.45, 2.75) is 20.8 Å². The van der Waals surface area contributed by atoms with E-state index in [1.54, 1.807) is 7.11 Å². The Labute approximate surface area is 119 Å². The van der Waals surface area contributed by atoms with Crippen molar-refractivity contribution in [1.29, 1.82) is 0 Å². The maximum Gasteiger partial charge on any atom is 0.244 e. The number of aryl methyl sites for hydroxylation is 2. The topological polar surface area (TPSA) is 58.6 Å². The maximum absolute atomic E-state index is 12.0. The van der Waals surface area contributed by atoms with Crippen LogP contribution < -0.4 is 5.32 Å². The van der Waals surface area contributed by atoms with E-state index in [1.165, 1.54) is 11.8 Å². The highest BCUT2D eigenvalue weighted by molar-refractivity contribution is 5.95. The fraction of sp³-hybridized carbons (Fsp3) is 0.467. The Kier molecular flexibility index (Phi) is 6.18. The van der Waals surface area contributed by atoms with Gasteiger partial charge in [-0.15, -0.1) is 0 Å². The van der Waals surface area contributed by atoms with Crippen LogP contribution >= 0.6 is 0 Å². The first kappa shape index (κ1) is 16.2. The van der Waals surface area contributed by atoms with E-state index >= 15 is 0 Å². The molecule has 0 saturated carbocycles. The van der Waals surface area contributed by atoms with Gasteiger partial charge in [0.15, 0.2) is 0 Å². The van der Waals surface area contributed by atoms with Gasteiger partial charge in [-0.1, -0.05) is 18.2 Å². The third-order valence-electron chi connectivity index (χ3n) is 3.09. The van der Waals surface area contributed by atoms with Gasteiger partial charge in [0, 0.05) is 26.3 Å². The molecule has 1 aromatic carbocycles. The summed E-state index contributed by atoms with van der Waals surface area (Å²) in [6.45, 7) is 6.18. The summed E-state index contributed by atoms with van der Waals surface area (Å²) in [7, 11) is 1.56. The monoisotopic (exact) mass is 278 g/mol. The molecule has 20 heavy (non-hydrogen) atoms. The molecule has 5 nitrogen and oxygen atoms in total. The van der Waals surface area contributed by atoms with Crippen LogP contribution in [0.15, 0.2) is 18.2 Å². The lowest BCUT2D eigenvalue weighted by atomic mass is 10.1. The fourth-order valence-electron chi connectivity index (χ4n) is 1.91. The molecular weight excluding hydrogens is 256 g/mol. The molecule has 0 aromatic heterocycles. The van der Waals surface area contributed by atoms with Crippen molar-refractivity contribution < 1.29 is 14.3 Å². The number of carbonyl (C=O) groups excluding carboxylic acids is 2. The Morgan fingerprint density at radius 1 is 1.25 bits per heavy atom. The van der Waals surface area contributed by atoms with Gasteiger partial charge in [0.2, 0.25) is 11.8 Å². The number of para-hydroxylation sites is 1. The molecule has 110 valence electrons. The number of ether oxygens (including phenoxy) is 1. The lowest BCUT2D eigenvalue weighted by Gasteiger charge is -2.20. The summed E-state index contributed by atoms with van der Waals surface area (Å²) < 4.78 is 4.93. The van der Waals surface area contributed by atoms with E-state index < -0.39 is 0 Å². The van der Waals surface area contributed by atoms with Crippen LogP contribution in [0.2, 0.25) is 0 Å². The molecule has 0 unspecified atom stereocenters. The Bertz CT molecular complexity index is 466. The van der Waals surface area contributed by atoms with E-state index in [2.05, 4.69) is 5.32 Å². The van der Waals surface area contributed by atoms with Crippen molar-refractivity contribution in [2.75, 3.05) is 32.1 Å². The van der Waals surface area contributed by atoms with E-state index in [-0.39, 0.29) is 18.4 Å². The van der Waals surface area contributed by atoms with E-state index in [0.717, 1.165) is 16.8 Å². The average Bonchev–Trinajstić information content (AvgIpc) is 2.38. The minimum atomic E-state index is -0.200. The molecule has 0 radical (unpaired) electrons. The summed E-state index contributed by atoms with van der Waals surface area (Å²) >= 11 is 0. The number of benzene rings is 1. The van der Waals surface area contributed by atoms with Gasteiger partial charge in [0.25, 0.3) is 0 Å². The third-order valence-corrected chi connectivity index (χ3v) is 3.09. The Morgan fingerprint density at radius 3 is 2.35 bits per heavy atom. The maximum atomic E-state index is 12.0. The number of rotatable bonds is 6. The van der Waals surface area contributed by atoms with Crippen LogP contribution in [0.5, 0.6) is 0 Å². The molecule has 0 aliphatic rings. The van der Waals surface area contributed by atoms with Crippen LogP contribution in [0, 0.1) is 13.8 Å². The number of nitrogens with zero attached hydrogens (tertiary/aromatic N) is 1. The number of anilines is 1. The zero-order valence-corrected chi connectivity index (χ0v) is 12.5. The zero-order valence-electron chi connectivity index (χ0n) is 12.5. The molecule has 0 fully saturated rings. The number of methoxy groups -OCH3 is 1. The van der Waals surface area contributed by atoms with Gasteiger partial charge in [-0.3, -0.25) is 9.59 Å². The molecule has 1 N–H and O–H groups in total. The number of hydrogen-bond acceptors (Lipinski definition) is 3. The van der Waals surface area contributed by atoms with Crippen LogP contribution in [0.3, 0.4) is 0 Å². The van der Waals surface area contributed by atoms with Crippen LogP contribution in [-0.2, 0) is 14.3 Å². The smallest absolute Gasteiger partial charge is 0.244 e. The second-order valence-corrected chi connectivity index (χ2v) is 4.75. The summed E-state index contributed by atoms with van der Waals surface area (Å²) in [6.07, 6.45) is 0. The molecule has 2 amide bonds. The summed E-state index contributed by atoms with van der Waals surface area (Å²) in [5, 5.41) is 2.87. The Morgan fingerprint density at radius 2 is 1.85 bits per heavy atom. The van der Waals surface area contributed by atoms with Gasteiger partial charge in [-0.05, 0) is 25.0 Å². The van der Waals surface area contributed by atoms with Crippen molar-refractivity contribution in [1.82, 2.24) is 4.90 Å². The first-order valence-electron chi connectivity index (χ1n) is 6.56. The lowest BCUT2D eigenvalue weighted by molar-refractivity contribution is -0.133. The second kappa shape index (κ2) is 7.65. The molecule has 0 aliphatic heterocycles. The molecule has 0 atom stereocenters. The Balaban J connectivity index is 2.68. The van der Waals surface area contributed by atoms with Gasteiger partial charge in [0.1, 0.15) is 0 Å². The first-order valence-corrected chi connectivity index (χ1v) is 6.56. The number of carbonyl (C=O) groups is 2. The normalized spacial score (nSPS) is 10.2. The molecule has 5 heteroatoms. The van der Waals surface area contributed by atoms with E-state index in [4.69, 9.17) is 4.74 Å². The molecule has 1 aromatic rings. The summed E-state index contributed by atoms with van der Waals surface area (Å²) in [6, 6.07) is 5.83. The van der Waals surface area contributed by atoms with Crippen molar-refractivity contribution in [3.8, 4) is 0 Å². The largest absolute Gasteiger partial charge is 0.383 e. The summed E-state index contributed by atoms with van der Waals surface area (Å²) in [5.74, 6) is -0.340. The zero-order chi connectivity index (χ0) is 15.1. The molecule has 0 bridgehead atoms. The molecular formula is C15H22N2O3. The molecule has 0 heterocycles. The highest BCUT2D eigenvalue weighted by Gasteiger charge is 2.14. The Hall–Kier alpha value is -1.88. The van der Waals surface area contributed by atoms with Crippen molar-refractivity contribution in [2.24, 2.45) is 0 Å². The van der Waals surface area contributed by atoms with Crippen LogP contribution in [0.1, 0.15) is 18.1 Å². The molecule has 1 rings (SSSR count). The molecule has 0 saturated heterocycles.